The summed E-state index contributed by atoms with van der Waals surface area (Å²) in [6, 6.07) is 8.60. The van der Waals surface area contributed by atoms with Crippen LogP contribution in [0.1, 0.15) is 17.8 Å². The zero-order valence-corrected chi connectivity index (χ0v) is 18.0. The second-order valence-corrected chi connectivity index (χ2v) is 12.6. The topological polar surface area (TPSA) is 66.6 Å². The summed E-state index contributed by atoms with van der Waals surface area (Å²) in [5, 5.41) is 11.1. The van der Waals surface area contributed by atoms with E-state index in [0.29, 0.717) is 5.06 Å². The van der Waals surface area contributed by atoms with E-state index in [1.165, 1.54) is 0 Å². The first-order valence-corrected chi connectivity index (χ1v) is 19.7. The number of benzene rings is 1. The van der Waals surface area contributed by atoms with E-state index >= 15 is 0 Å². The average Bonchev–Trinajstić information content (AvgIpc) is 2.81. The Hall–Kier alpha value is -0.0749. The normalized spacial score (nSPS) is 11.2. The van der Waals surface area contributed by atoms with E-state index in [9.17, 15) is 10.0 Å². The number of hydroxylamine groups is 2. The second-order valence-electron chi connectivity index (χ2n) is 3.65. The maximum atomic E-state index is 10.8. The van der Waals surface area contributed by atoms with Crippen LogP contribution in [0.5, 0.6) is 0 Å². The van der Waals surface area contributed by atoms with Gasteiger partial charge in [0.1, 0.15) is 0 Å². The summed E-state index contributed by atoms with van der Waals surface area (Å²) in [6.45, 7) is 1.73. The molecule has 0 aliphatic heterocycles. The van der Waals surface area contributed by atoms with E-state index in [4.69, 9.17) is 22.2 Å². The molecule has 1 atom stereocenters. The van der Waals surface area contributed by atoms with Crippen LogP contribution in [0.25, 0.3) is 10.1 Å². The van der Waals surface area contributed by atoms with Crippen molar-refractivity contribution < 1.29 is 32.1 Å². The van der Waals surface area contributed by atoms with Crippen LogP contribution >= 0.6 is 27.8 Å². The molecule has 0 radical (unpaired) electrons. The molecule has 3 N–H and O–H groups in total. The van der Waals surface area contributed by atoms with Gasteiger partial charge in [-0.1, -0.05) is 18.2 Å². The van der Waals surface area contributed by atoms with Gasteiger partial charge in [0.15, 0.2) is 0 Å². The number of rotatable bonds is 2. The molecule has 2 aromatic rings. The van der Waals surface area contributed by atoms with Crippen LogP contribution in [-0.2, 0) is 22.1 Å². The van der Waals surface area contributed by atoms with E-state index in [0.717, 1.165) is 15.0 Å². The van der Waals surface area contributed by atoms with Crippen LogP contribution in [-0.4, -0.2) is 16.3 Å². The SMILES string of the molecule is CC(c1cc2ccccc2s1)N(O)C(N)=O.[Cl][Hg][Cl]. The molecule has 100 valence electrons. The molecular weight excluding hydrogens is 496 g/mol. The van der Waals surface area contributed by atoms with Crippen molar-refractivity contribution in [1.29, 1.82) is 0 Å². The van der Waals surface area contributed by atoms with Crippen LogP contribution in [0.15, 0.2) is 30.3 Å². The molecule has 19 heavy (non-hydrogen) atoms. The molecule has 0 aliphatic carbocycles. The first-order valence-electron chi connectivity index (χ1n) is 5.39. The Balaban J connectivity index is 0.000000550. The summed E-state index contributed by atoms with van der Waals surface area (Å²) >= 11 is 0.403. The van der Waals surface area contributed by atoms with Crippen LogP contribution in [0.2, 0.25) is 0 Å². The number of halogens is 2. The van der Waals surface area contributed by atoms with Gasteiger partial charge in [0.05, 0.1) is 6.04 Å². The fourth-order valence-electron chi connectivity index (χ4n) is 1.52. The average molecular weight is 508 g/mol. The van der Waals surface area contributed by atoms with Crippen LogP contribution in [0.3, 0.4) is 0 Å². The number of urea groups is 1. The molecule has 1 aromatic heterocycles. The number of nitrogens with two attached hydrogens (primary N) is 1. The Morgan fingerprint density at radius 3 is 2.58 bits per heavy atom. The Morgan fingerprint density at radius 1 is 1.47 bits per heavy atom. The molecule has 0 bridgehead atoms. The monoisotopic (exact) mass is 508 g/mol. The fourth-order valence-corrected chi connectivity index (χ4v) is 2.62. The fraction of sp³-hybridized carbons (Fsp3) is 0.182. The van der Waals surface area contributed by atoms with Gasteiger partial charge in [0.25, 0.3) is 0 Å². The summed E-state index contributed by atoms with van der Waals surface area (Å²) < 4.78 is 1.13. The quantitative estimate of drug-likeness (QED) is 0.365. The number of amides is 2. The van der Waals surface area contributed by atoms with Gasteiger partial charge in [-0.25, -0.2) is 4.79 Å². The summed E-state index contributed by atoms with van der Waals surface area (Å²) in [7, 11) is 9.97. The van der Waals surface area contributed by atoms with Gasteiger partial charge in [0.2, 0.25) is 0 Å². The van der Waals surface area contributed by atoms with Crippen molar-refractivity contribution in [3.8, 4) is 0 Å². The Kier molecular flexibility index (Phi) is 7.39. The molecule has 0 spiro atoms. The Bertz CT molecular complexity index is 519. The molecule has 1 aromatic carbocycles. The number of carbonyl (C=O) groups excluding carboxylic acids is 1. The van der Waals surface area contributed by atoms with Gasteiger partial charge < -0.3 is 5.73 Å². The maximum absolute atomic E-state index is 10.8. The van der Waals surface area contributed by atoms with Gasteiger partial charge >= 0.3 is 44.6 Å². The van der Waals surface area contributed by atoms with Crippen molar-refractivity contribution in [2.24, 2.45) is 5.73 Å². The van der Waals surface area contributed by atoms with E-state index in [1.807, 2.05) is 30.3 Å². The van der Waals surface area contributed by atoms with Crippen LogP contribution in [0, 0.1) is 0 Å². The molecule has 1 heterocycles. The molecule has 4 nitrogen and oxygen atoms in total. The van der Waals surface area contributed by atoms with Crippen molar-refractivity contribution in [1.82, 2.24) is 5.06 Å². The first-order chi connectivity index (χ1) is 9.01. The zero-order valence-electron chi connectivity index (χ0n) is 10.2. The van der Waals surface area contributed by atoms with Gasteiger partial charge in [-0.05, 0) is 24.4 Å². The Labute approximate surface area is 134 Å². The summed E-state index contributed by atoms with van der Waals surface area (Å²) in [5.74, 6) is 0. The third kappa shape index (κ3) is 4.75. The third-order valence-electron chi connectivity index (χ3n) is 2.45. The summed E-state index contributed by atoms with van der Waals surface area (Å²) in [5.41, 5.74) is 5.01. The number of primary amides is 1. The number of hydrogen-bond donors (Lipinski definition) is 2. The predicted molar refractivity (Wildman–Crippen MR) is 75.2 cm³/mol. The molecular formula is C11H12Cl2HgN2O2S. The number of hydrogen-bond acceptors (Lipinski definition) is 3. The molecule has 2 rings (SSSR count). The minimum absolute atomic E-state index is 0.421. The standard InChI is InChI=1S/C11H12N2O2S.2ClH.Hg/c1-7(13(15)11(12)14)10-6-8-4-2-3-5-9(8)16-10;;;/h2-7,15H,1H3,(H2,12,14);2*1H;/q;;;+2/p-2. The molecule has 0 saturated carbocycles. The van der Waals surface area contributed by atoms with E-state index in [-0.39, 0.29) is 0 Å². The zero-order chi connectivity index (χ0) is 14.4. The van der Waals surface area contributed by atoms with Crippen molar-refractivity contribution >= 4 is 44.0 Å². The first kappa shape index (κ1) is 17.0. The molecule has 0 fully saturated rings. The van der Waals surface area contributed by atoms with Crippen LogP contribution < -0.4 is 5.73 Å². The second kappa shape index (κ2) is 8.27. The number of thiophene rings is 1. The third-order valence-corrected chi connectivity index (χ3v) is 3.74. The predicted octanol–water partition coefficient (Wildman–Crippen LogP) is 4.11. The van der Waals surface area contributed by atoms with Crippen molar-refractivity contribution in [2.45, 2.75) is 13.0 Å². The molecule has 1 unspecified atom stereocenters. The number of fused-ring (bicyclic) bond motifs is 1. The molecule has 0 aliphatic rings. The van der Waals surface area contributed by atoms with Gasteiger partial charge in [-0.3, -0.25) is 5.21 Å². The van der Waals surface area contributed by atoms with Gasteiger partial charge in [0, 0.05) is 9.58 Å². The van der Waals surface area contributed by atoms with E-state index in [2.05, 4.69) is 0 Å². The van der Waals surface area contributed by atoms with Gasteiger partial charge in [-0.2, -0.15) is 5.06 Å². The molecule has 8 heteroatoms. The number of carbonyl (C=O) groups is 1. The number of nitrogens with zero attached hydrogens (tertiary/aromatic N) is 1. The van der Waals surface area contributed by atoms with Crippen molar-refractivity contribution in [3.05, 3.63) is 35.2 Å². The molecule has 0 saturated heterocycles. The minimum atomic E-state index is -1.14. The molecule has 2 amide bonds. The van der Waals surface area contributed by atoms with Gasteiger partial charge in [-0.15, -0.1) is 11.3 Å². The van der Waals surface area contributed by atoms with E-state index < -0.39 is 34.2 Å². The van der Waals surface area contributed by atoms with Crippen molar-refractivity contribution in [3.63, 3.8) is 0 Å². The van der Waals surface area contributed by atoms with Crippen LogP contribution in [0.4, 0.5) is 4.79 Å². The summed E-state index contributed by atoms with van der Waals surface area (Å²) in [4.78, 5) is 11.7. The Morgan fingerprint density at radius 2 is 2.05 bits per heavy atom. The van der Waals surface area contributed by atoms with Crippen molar-refractivity contribution in [2.75, 3.05) is 0 Å². The van der Waals surface area contributed by atoms with E-state index in [1.54, 1.807) is 18.3 Å². The summed E-state index contributed by atoms with van der Waals surface area (Å²) in [6.07, 6.45) is 0.